The van der Waals surface area contributed by atoms with Gasteiger partial charge in [0.05, 0.1) is 5.58 Å². The molecule has 0 saturated heterocycles. The average molecular weight is 863 g/mol. The first-order valence-electron chi connectivity index (χ1n) is 20.6. The van der Waals surface area contributed by atoms with E-state index in [1.54, 1.807) is 18.3 Å². The molecule has 0 N–H and O–H groups in total. The summed E-state index contributed by atoms with van der Waals surface area (Å²) in [5.74, 6) is 0. The first kappa shape index (κ1) is 26.4. The molecule has 0 bridgehead atoms. The average Bonchev–Trinajstić information content (AvgIpc) is 3.76. The topological polar surface area (TPSA) is 52.1 Å². The van der Waals surface area contributed by atoms with Gasteiger partial charge in [-0.1, -0.05) is 99.2 Å². The Kier molecular flexibility index (Phi) is 7.29. The quantitative estimate of drug-likeness (QED) is 0.165. The molecule has 9 aromatic rings. The van der Waals surface area contributed by atoms with Crippen LogP contribution in [0.1, 0.15) is 48.4 Å². The Morgan fingerprint density at radius 1 is 0.673 bits per heavy atom. The minimum absolute atomic E-state index is 0. The fraction of sp³-hybridized carbons (Fsp3) is 0.149. The first-order chi connectivity index (χ1) is 27.9. The van der Waals surface area contributed by atoms with E-state index < -0.39 is 25.5 Å². The molecule has 0 aliphatic rings. The molecule has 1 radical (unpaired) electrons. The number of pyridine rings is 2. The van der Waals surface area contributed by atoms with E-state index in [9.17, 15) is 0 Å². The predicted octanol–water partition coefficient (Wildman–Crippen LogP) is 12.8. The van der Waals surface area contributed by atoms with Gasteiger partial charge in [-0.05, 0) is 70.5 Å². The molecular weight excluding hydrogens is 817 g/mol. The van der Waals surface area contributed by atoms with Gasteiger partial charge in [0.1, 0.15) is 16.7 Å². The molecule has 0 amide bonds. The van der Waals surface area contributed by atoms with Crippen LogP contribution in [0.3, 0.4) is 0 Å². The third-order valence-corrected chi connectivity index (χ3v) is 8.54. The van der Waals surface area contributed by atoms with E-state index in [2.05, 4.69) is 34.2 Å². The van der Waals surface area contributed by atoms with Crippen molar-refractivity contribution in [1.29, 1.82) is 0 Å². The summed E-state index contributed by atoms with van der Waals surface area (Å²) in [6.45, 7) is 1.42. The maximum Gasteiger partial charge on any atom is 0.139 e. The van der Waals surface area contributed by atoms with Crippen LogP contribution in [-0.4, -0.2) is 9.97 Å². The third kappa shape index (κ3) is 7.21. The molecule has 0 aliphatic heterocycles. The van der Waals surface area contributed by atoms with Crippen LogP contribution < -0.4 is 0 Å². The zero-order chi connectivity index (χ0) is 41.9. The van der Waals surface area contributed by atoms with Gasteiger partial charge in [-0.2, -0.15) is 0 Å². The molecule has 4 heterocycles. The molecular formula is C47H38IrN2O2-2. The summed E-state index contributed by atoms with van der Waals surface area (Å²) < 4.78 is 73.3. The fourth-order valence-electron chi connectivity index (χ4n) is 6.21. The second-order valence-corrected chi connectivity index (χ2v) is 13.4. The molecule has 5 aromatic carbocycles. The molecule has 0 saturated carbocycles. The zero-order valence-electron chi connectivity index (χ0n) is 36.7. The Bertz CT molecular complexity index is 2910. The molecule has 0 fully saturated rings. The monoisotopic (exact) mass is 863 g/mol. The second kappa shape index (κ2) is 14.3. The number of aromatic nitrogens is 2. The SMILES string of the molecule is [2H]C([2H])([2H])c1c[c-]c(-c2ccc(C([2H])([2H])[2H])cn2)cc1.[2H]C([2H])(c1ccc(-c2ccnc(-c3[c-]ccc4c3oc3cc5oc6ccccc6c5cc34)c2)cc1)C(C)(C)C.[Ir]. The largest absolute Gasteiger partial charge is 0.500 e. The van der Waals surface area contributed by atoms with Crippen molar-refractivity contribution in [3.05, 3.63) is 156 Å². The minimum Gasteiger partial charge on any atom is -0.500 e. The Balaban J connectivity index is 0.000000220. The number of hydrogen-bond donors (Lipinski definition) is 0. The van der Waals surface area contributed by atoms with E-state index in [4.69, 9.17) is 19.8 Å². The van der Waals surface area contributed by atoms with Gasteiger partial charge in [0.15, 0.2) is 0 Å². The van der Waals surface area contributed by atoms with Crippen LogP contribution in [0.2, 0.25) is 0 Å². The third-order valence-electron chi connectivity index (χ3n) is 8.54. The van der Waals surface area contributed by atoms with Crippen LogP contribution >= 0.6 is 0 Å². The van der Waals surface area contributed by atoms with Crippen molar-refractivity contribution in [1.82, 2.24) is 9.97 Å². The summed E-state index contributed by atoms with van der Waals surface area (Å²) in [7, 11) is 0. The number of fused-ring (bicyclic) bond motifs is 6. The van der Waals surface area contributed by atoms with E-state index in [0.717, 1.165) is 66.3 Å². The normalized spacial score (nSPS) is 14.5. The van der Waals surface area contributed by atoms with Crippen LogP contribution in [0.25, 0.3) is 77.5 Å². The second-order valence-electron chi connectivity index (χ2n) is 13.4. The van der Waals surface area contributed by atoms with Gasteiger partial charge in [-0.15, -0.1) is 53.6 Å². The van der Waals surface area contributed by atoms with Crippen LogP contribution in [-0.2, 0) is 26.5 Å². The Morgan fingerprint density at radius 2 is 1.46 bits per heavy atom. The number of para-hydroxylation sites is 1. The van der Waals surface area contributed by atoms with Gasteiger partial charge in [0, 0.05) is 65.7 Å². The zero-order valence-corrected chi connectivity index (χ0v) is 31.1. The van der Waals surface area contributed by atoms with Gasteiger partial charge in [0.2, 0.25) is 0 Å². The molecule has 4 nitrogen and oxygen atoms in total. The van der Waals surface area contributed by atoms with E-state index >= 15 is 0 Å². The summed E-state index contributed by atoms with van der Waals surface area (Å²) in [6, 6.07) is 41.6. The van der Waals surface area contributed by atoms with Crippen molar-refractivity contribution in [3.63, 3.8) is 0 Å². The molecule has 0 spiro atoms. The van der Waals surface area contributed by atoms with Crippen LogP contribution in [0.15, 0.2) is 136 Å². The van der Waals surface area contributed by atoms with Crippen molar-refractivity contribution < 1.29 is 39.9 Å². The van der Waals surface area contributed by atoms with Gasteiger partial charge in [-0.25, -0.2) is 0 Å². The fourth-order valence-corrected chi connectivity index (χ4v) is 6.21. The molecule has 0 aliphatic carbocycles. The maximum atomic E-state index is 8.58. The number of hydrogen-bond acceptors (Lipinski definition) is 4. The van der Waals surface area contributed by atoms with Gasteiger partial charge < -0.3 is 18.8 Å². The van der Waals surface area contributed by atoms with Crippen LogP contribution in [0, 0.1) is 31.3 Å². The van der Waals surface area contributed by atoms with E-state index in [1.807, 2.05) is 93.6 Å². The number of nitrogens with zero attached hydrogens (tertiary/aromatic N) is 2. The van der Waals surface area contributed by atoms with Crippen molar-refractivity contribution in [2.45, 2.75) is 40.8 Å². The summed E-state index contributed by atoms with van der Waals surface area (Å²) in [6.07, 6.45) is 1.66. The van der Waals surface area contributed by atoms with Crippen molar-refractivity contribution in [3.8, 4) is 33.6 Å². The summed E-state index contributed by atoms with van der Waals surface area (Å²) in [4.78, 5) is 8.74. The number of benzene rings is 5. The van der Waals surface area contributed by atoms with E-state index in [0.29, 0.717) is 16.8 Å². The van der Waals surface area contributed by atoms with Crippen LogP contribution in [0.4, 0.5) is 0 Å². The summed E-state index contributed by atoms with van der Waals surface area (Å²) in [5.41, 5.74) is 8.43. The Labute approximate surface area is 329 Å². The van der Waals surface area contributed by atoms with Crippen molar-refractivity contribution in [2.24, 2.45) is 5.41 Å². The Morgan fingerprint density at radius 3 is 2.21 bits per heavy atom. The Hall–Kier alpha value is -5.35. The number of rotatable bonds is 4. The molecule has 0 atom stereocenters. The van der Waals surface area contributed by atoms with Gasteiger partial charge >= 0.3 is 0 Å². The molecule has 9 rings (SSSR count). The van der Waals surface area contributed by atoms with Crippen molar-refractivity contribution >= 4 is 43.9 Å². The number of furan rings is 2. The molecule has 259 valence electrons. The van der Waals surface area contributed by atoms with E-state index in [1.165, 1.54) is 24.4 Å². The number of aryl methyl sites for hydroxylation is 2. The summed E-state index contributed by atoms with van der Waals surface area (Å²) >= 11 is 0. The minimum atomic E-state index is -2.18. The molecule has 0 unspecified atom stereocenters. The summed E-state index contributed by atoms with van der Waals surface area (Å²) in [5, 5.41) is 4.18. The van der Waals surface area contributed by atoms with Gasteiger partial charge in [-0.3, -0.25) is 0 Å². The van der Waals surface area contributed by atoms with Crippen LogP contribution in [0.5, 0.6) is 0 Å². The molecule has 52 heavy (non-hydrogen) atoms. The maximum absolute atomic E-state index is 8.58. The molecule has 4 aromatic heterocycles. The predicted molar refractivity (Wildman–Crippen MR) is 210 cm³/mol. The smallest absolute Gasteiger partial charge is 0.139 e. The first-order valence-corrected chi connectivity index (χ1v) is 16.6. The van der Waals surface area contributed by atoms with Gasteiger partial charge in [0.25, 0.3) is 0 Å². The molecule has 5 heteroatoms. The van der Waals surface area contributed by atoms with E-state index in [-0.39, 0.29) is 31.2 Å². The van der Waals surface area contributed by atoms with Crippen molar-refractivity contribution in [2.75, 3.05) is 0 Å². The standard InChI is InChI=1S/C34H26NO2.C13H12N.Ir/c1-34(2,3)20-21-11-13-22(14-12-21)23-15-16-35-29(17-23)26-9-6-8-25-28-18-27-24-7-4-5-10-30(24)36-31(27)19-32(28)37-33(25)26;1-10-3-6-12(7-4-10)13-8-5-11(2)9-14-13;/h4-8,10-19H,20H2,1-3H3;3-6,8-9H,1-2H3;/q2*-1;/i20D2;1D3,2D3;.